The molecule has 0 spiro atoms. The molecule has 128 valence electrons. The summed E-state index contributed by atoms with van der Waals surface area (Å²) in [6.45, 7) is 9.02. The third-order valence-corrected chi connectivity index (χ3v) is 2.96. The Morgan fingerprint density at radius 3 is 2.35 bits per heavy atom. The zero-order valence-electron chi connectivity index (χ0n) is 14.6. The first-order valence-corrected chi connectivity index (χ1v) is 7.57. The predicted octanol–water partition coefficient (Wildman–Crippen LogP) is 3.18. The number of carbonyl (C=O) groups excluding carboxylic acids is 2. The number of ether oxygens (including phenoxy) is 2. The summed E-state index contributed by atoms with van der Waals surface area (Å²) in [7, 11) is 1.56. The summed E-state index contributed by atoms with van der Waals surface area (Å²) in [5.41, 5.74) is -0.0134. The van der Waals surface area contributed by atoms with E-state index in [9.17, 15) is 9.59 Å². The van der Waals surface area contributed by atoms with Gasteiger partial charge in [0.2, 0.25) is 5.91 Å². The van der Waals surface area contributed by atoms with Gasteiger partial charge in [0.05, 0.1) is 7.11 Å². The van der Waals surface area contributed by atoms with E-state index in [0.717, 1.165) is 0 Å². The molecule has 1 aromatic rings. The van der Waals surface area contributed by atoms with Crippen LogP contribution in [0.1, 0.15) is 34.6 Å². The highest BCUT2D eigenvalue weighted by molar-refractivity contribution is 5.96. The monoisotopic (exact) mass is 322 g/mol. The summed E-state index contributed by atoms with van der Waals surface area (Å²) in [5, 5.41) is 5.39. The van der Waals surface area contributed by atoms with Gasteiger partial charge in [-0.1, -0.05) is 19.9 Å². The topological polar surface area (TPSA) is 76.7 Å². The van der Waals surface area contributed by atoms with Crippen molar-refractivity contribution in [2.75, 3.05) is 12.4 Å². The largest absolute Gasteiger partial charge is 0.497 e. The third kappa shape index (κ3) is 6.59. The van der Waals surface area contributed by atoms with Crippen LogP contribution in [-0.4, -0.2) is 30.8 Å². The van der Waals surface area contributed by atoms with Crippen molar-refractivity contribution in [3.8, 4) is 5.75 Å². The van der Waals surface area contributed by atoms with E-state index < -0.39 is 17.7 Å². The van der Waals surface area contributed by atoms with E-state index in [1.54, 1.807) is 52.1 Å². The van der Waals surface area contributed by atoms with E-state index in [2.05, 4.69) is 10.6 Å². The van der Waals surface area contributed by atoms with Crippen LogP contribution in [0.25, 0.3) is 0 Å². The van der Waals surface area contributed by atoms with Crippen LogP contribution in [-0.2, 0) is 9.53 Å². The molecule has 0 heterocycles. The quantitative estimate of drug-likeness (QED) is 0.873. The number of methoxy groups -OCH3 is 1. The molecule has 0 saturated heterocycles. The van der Waals surface area contributed by atoms with Crippen LogP contribution in [0.2, 0.25) is 0 Å². The first kappa shape index (κ1) is 18.8. The summed E-state index contributed by atoms with van der Waals surface area (Å²) >= 11 is 0. The Balaban J connectivity index is 2.76. The van der Waals surface area contributed by atoms with Crippen LogP contribution in [0.3, 0.4) is 0 Å². The molecule has 1 rings (SSSR count). The number of nitrogens with one attached hydrogen (secondary N) is 2. The second-order valence-corrected chi connectivity index (χ2v) is 6.59. The van der Waals surface area contributed by atoms with Crippen LogP contribution in [0.5, 0.6) is 5.75 Å². The van der Waals surface area contributed by atoms with Crippen LogP contribution >= 0.6 is 0 Å². The summed E-state index contributed by atoms with van der Waals surface area (Å²) in [6.07, 6.45) is -0.614. The van der Waals surface area contributed by atoms with E-state index in [0.29, 0.717) is 11.4 Å². The fourth-order valence-corrected chi connectivity index (χ4v) is 1.89. The first-order valence-electron chi connectivity index (χ1n) is 7.57. The van der Waals surface area contributed by atoms with E-state index in [1.165, 1.54) is 0 Å². The molecule has 0 radical (unpaired) electrons. The second-order valence-electron chi connectivity index (χ2n) is 6.59. The lowest BCUT2D eigenvalue weighted by Crippen LogP contribution is -2.48. The van der Waals surface area contributed by atoms with E-state index in [4.69, 9.17) is 9.47 Å². The van der Waals surface area contributed by atoms with Crippen molar-refractivity contribution in [3.05, 3.63) is 24.3 Å². The van der Waals surface area contributed by atoms with E-state index in [1.807, 2.05) is 13.8 Å². The maximum absolute atomic E-state index is 12.4. The van der Waals surface area contributed by atoms with Crippen LogP contribution in [0, 0.1) is 5.92 Å². The number of hydrogen-bond donors (Lipinski definition) is 2. The average Bonchev–Trinajstić information content (AvgIpc) is 2.42. The van der Waals surface area contributed by atoms with Gasteiger partial charge in [-0.2, -0.15) is 0 Å². The summed E-state index contributed by atoms with van der Waals surface area (Å²) in [4.78, 5) is 24.3. The number of carbonyl (C=O) groups is 2. The highest BCUT2D eigenvalue weighted by Gasteiger charge is 2.27. The van der Waals surface area contributed by atoms with Crippen LogP contribution in [0.4, 0.5) is 10.5 Å². The van der Waals surface area contributed by atoms with Gasteiger partial charge in [-0.25, -0.2) is 4.79 Å². The van der Waals surface area contributed by atoms with Crippen molar-refractivity contribution >= 4 is 17.7 Å². The molecule has 0 bridgehead atoms. The van der Waals surface area contributed by atoms with Gasteiger partial charge >= 0.3 is 6.09 Å². The maximum atomic E-state index is 12.4. The van der Waals surface area contributed by atoms with Gasteiger partial charge in [-0.15, -0.1) is 0 Å². The molecular weight excluding hydrogens is 296 g/mol. The number of hydrogen-bond acceptors (Lipinski definition) is 4. The van der Waals surface area contributed by atoms with Gasteiger partial charge in [0.25, 0.3) is 0 Å². The number of benzene rings is 1. The highest BCUT2D eigenvalue weighted by Crippen LogP contribution is 2.17. The van der Waals surface area contributed by atoms with Crippen molar-refractivity contribution in [2.24, 2.45) is 5.92 Å². The smallest absolute Gasteiger partial charge is 0.408 e. The molecule has 0 aliphatic heterocycles. The lowest BCUT2D eigenvalue weighted by molar-refractivity contribution is -0.119. The summed E-state index contributed by atoms with van der Waals surface area (Å²) < 4.78 is 10.3. The van der Waals surface area contributed by atoms with E-state index >= 15 is 0 Å². The lowest BCUT2D eigenvalue weighted by Gasteiger charge is -2.25. The molecule has 6 nitrogen and oxygen atoms in total. The average molecular weight is 322 g/mol. The fourth-order valence-electron chi connectivity index (χ4n) is 1.89. The molecular formula is C17H26N2O4. The summed E-state index contributed by atoms with van der Waals surface area (Å²) in [5.74, 6) is 0.247. The number of alkyl carbamates (subject to hydrolysis) is 1. The van der Waals surface area contributed by atoms with Crippen LogP contribution < -0.4 is 15.4 Å². The van der Waals surface area contributed by atoms with Gasteiger partial charge in [0, 0.05) is 11.8 Å². The minimum atomic E-state index is -0.698. The minimum Gasteiger partial charge on any atom is -0.497 e. The molecule has 1 atom stereocenters. The normalized spacial score (nSPS) is 12.5. The first-order chi connectivity index (χ1) is 10.6. The molecule has 0 aliphatic rings. The zero-order chi connectivity index (χ0) is 17.6. The third-order valence-electron chi connectivity index (χ3n) is 2.96. The standard InChI is InChI=1S/C17H26N2O4/c1-11(2)14(19-16(21)23-17(3,4)5)15(20)18-12-8-7-9-13(10-12)22-6/h7-11,14H,1-6H3,(H,18,20)(H,19,21)/t14-/m0/s1. The van der Waals surface area contributed by atoms with Crippen molar-refractivity contribution in [1.82, 2.24) is 5.32 Å². The Labute approximate surface area is 137 Å². The molecule has 0 unspecified atom stereocenters. The predicted molar refractivity (Wildman–Crippen MR) is 89.6 cm³/mol. The van der Waals surface area contributed by atoms with Crippen molar-refractivity contribution in [3.63, 3.8) is 0 Å². The zero-order valence-corrected chi connectivity index (χ0v) is 14.6. The molecule has 0 aliphatic carbocycles. The Bertz CT molecular complexity index is 550. The van der Waals surface area contributed by atoms with Crippen molar-refractivity contribution in [1.29, 1.82) is 0 Å². The van der Waals surface area contributed by atoms with Gasteiger partial charge in [0.1, 0.15) is 17.4 Å². The van der Waals surface area contributed by atoms with Gasteiger partial charge in [0.15, 0.2) is 0 Å². The second kappa shape index (κ2) is 7.85. The number of amides is 2. The van der Waals surface area contributed by atoms with Gasteiger partial charge in [-0.3, -0.25) is 4.79 Å². The Morgan fingerprint density at radius 2 is 1.83 bits per heavy atom. The van der Waals surface area contributed by atoms with Crippen molar-refractivity contribution < 1.29 is 19.1 Å². The molecule has 0 aromatic heterocycles. The molecule has 6 heteroatoms. The minimum absolute atomic E-state index is 0.0897. The van der Waals surface area contributed by atoms with Crippen LogP contribution in [0.15, 0.2) is 24.3 Å². The lowest BCUT2D eigenvalue weighted by atomic mass is 10.0. The molecule has 2 N–H and O–H groups in total. The number of anilines is 1. The SMILES string of the molecule is COc1cccc(NC(=O)[C@@H](NC(=O)OC(C)(C)C)C(C)C)c1. The Hall–Kier alpha value is -2.24. The molecule has 1 aromatic carbocycles. The Kier molecular flexibility index (Phi) is 6.42. The molecule has 2 amide bonds. The van der Waals surface area contributed by atoms with E-state index in [-0.39, 0.29) is 11.8 Å². The molecule has 0 fully saturated rings. The molecule has 0 saturated carbocycles. The highest BCUT2D eigenvalue weighted by atomic mass is 16.6. The number of rotatable bonds is 5. The molecule has 23 heavy (non-hydrogen) atoms. The maximum Gasteiger partial charge on any atom is 0.408 e. The van der Waals surface area contributed by atoms with Crippen molar-refractivity contribution in [2.45, 2.75) is 46.3 Å². The van der Waals surface area contributed by atoms with Gasteiger partial charge < -0.3 is 20.1 Å². The summed E-state index contributed by atoms with van der Waals surface area (Å²) in [6, 6.07) is 6.33. The fraction of sp³-hybridized carbons (Fsp3) is 0.529. The Morgan fingerprint density at radius 1 is 1.17 bits per heavy atom. The van der Waals surface area contributed by atoms with Gasteiger partial charge in [-0.05, 0) is 38.8 Å².